The fraction of sp³-hybridized carbons (Fsp3) is 0.429. The van der Waals surface area contributed by atoms with Gasteiger partial charge < -0.3 is 19.5 Å². The normalized spacial score (nSPS) is 15.6. The Morgan fingerprint density at radius 3 is 2.66 bits per heavy atom. The number of thiophene rings is 1. The lowest BCUT2D eigenvalue weighted by Crippen LogP contribution is -2.44. The van der Waals surface area contributed by atoms with E-state index in [1.54, 1.807) is 22.7 Å². The van der Waals surface area contributed by atoms with Gasteiger partial charge in [-0.2, -0.15) is 0 Å². The summed E-state index contributed by atoms with van der Waals surface area (Å²) in [4.78, 5) is 18.4. The number of imidazole rings is 1. The summed E-state index contributed by atoms with van der Waals surface area (Å²) in [5, 5.41) is 12.2. The number of nitrogens with zero attached hydrogens (tertiary/aromatic N) is 3. The van der Waals surface area contributed by atoms with Gasteiger partial charge in [0, 0.05) is 43.4 Å². The first kappa shape index (κ1) is 19.6. The summed E-state index contributed by atoms with van der Waals surface area (Å²) >= 11 is 1.45. The van der Waals surface area contributed by atoms with Gasteiger partial charge in [0.15, 0.2) is 0 Å². The number of likely N-dealkylation sites (tertiary alicyclic amines) is 1. The molecule has 1 N–H and O–H groups in total. The van der Waals surface area contributed by atoms with E-state index >= 15 is 0 Å². The number of fused-ring (bicyclic) bond motifs is 1. The minimum Gasteiger partial charge on any atom is -0.507 e. The summed E-state index contributed by atoms with van der Waals surface area (Å²) in [5.74, 6) is 1.02. The zero-order valence-electron chi connectivity index (χ0n) is 16.8. The highest BCUT2D eigenvalue weighted by Crippen LogP contribution is 2.29. The molecule has 4 rings (SSSR count). The number of ether oxygens (including phenoxy) is 2. The Hall–Kier alpha value is -2.74. The van der Waals surface area contributed by atoms with Crippen LogP contribution in [0.15, 0.2) is 36.0 Å². The van der Waals surface area contributed by atoms with E-state index in [1.807, 2.05) is 43.5 Å². The summed E-state index contributed by atoms with van der Waals surface area (Å²) in [6.45, 7) is 6.86. The Kier molecular flexibility index (Phi) is 5.12. The third-order valence-electron chi connectivity index (χ3n) is 4.72. The van der Waals surface area contributed by atoms with E-state index in [0.717, 1.165) is 34.6 Å². The molecule has 7 nitrogen and oxygen atoms in total. The minimum absolute atomic E-state index is 0.0493. The predicted octanol–water partition coefficient (Wildman–Crippen LogP) is 4.57. The lowest BCUT2D eigenvalue weighted by Gasteiger charge is -2.33. The van der Waals surface area contributed by atoms with E-state index in [-0.39, 0.29) is 17.9 Å². The molecule has 154 valence electrons. The smallest absolute Gasteiger partial charge is 0.410 e. The van der Waals surface area contributed by atoms with Crippen molar-refractivity contribution in [2.45, 2.75) is 45.3 Å². The molecular weight excluding hydrogens is 390 g/mol. The minimum atomic E-state index is -0.484. The van der Waals surface area contributed by atoms with Gasteiger partial charge in [-0.1, -0.05) is 0 Å². The van der Waals surface area contributed by atoms with Crippen LogP contribution in [0.2, 0.25) is 0 Å². The fourth-order valence-corrected chi connectivity index (χ4v) is 4.11. The van der Waals surface area contributed by atoms with Crippen LogP contribution < -0.4 is 4.74 Å². The average molecular weight is 416 g/mol. The maximum atomic E-state index is 12.2. The molecule has 1 aliphatic rings. The van der Waals surface area contributed by atoms with Gasteiger partial charge in [0.25, 0.3) is 0 Å². The van der Waals surface area contributed by atoms with Crippen LogP contribution in [0.5, 0.6) is 11.5 Å². The third kappa shape index (κ3) is 4.48. The second-order valence-corrected chi connectivity index (χ2v) is 9.08. The Balaban J connectivity index is 1.42. The molecule has 2 aromatic heterocycles. The summed E-state index contributed by atoms with van der Waals surface area (Å²) in [7, 11) is 0. The van der Waals surface area contributed by atoms with E-state index < -0.39 is 5.60 Å². The van der Waals surface area contributed by atoms with Gasteiger partial charge in [-0.05, 0) is 32.9 Å². The van der Waals surface area contributed by atoms with Crippen LogP contribution in [-0.4, -0.2) is 50.4 Å². The Labute approximate surface area is 173 Å². The number of aromatic nitrogens is 2. The largest absolute Gasteiger partial charge is 0.507 e. The molecule has 0 spiro atoms. The van der Waals surface area contributed by atoms with Crippen molar-refractivity contribution >= 4 is 28.5 Å². The van der Waals surface area contributed by atoms with E-state index in [0.29, 0.717) is 13.1 Å². The number of carbonyl (C=O) groups excluding carboxylic acids is 1. The number of carbonyl (C=O) groups is 1. The fourth-order valence-electron chi connectivity index (χ4n) is 3.35. The summed E-state index contributed by atoms with van der Waals surface area (Å²) < 4.78 is 13.6. The van der Waals surface area contributed by atoms with Crippen molar-refractivity contribution < 1.29 is 19.4 Å². The molecule has 0 unspecified atom stereocenters. The number of hydrogen-bond donors (Lipinski definition) is 1. The molecule has 0 radical (unpaired) electrons. The SMILES string of the molecule is CC(C)(C)OC(=O)N1CCC(Oc2ccc3ncn(-c4cc(O)cs4)c3c2)CC1. The molecule has 1 saturated heterocycles. The lowest BCUT2D eigenvalue weighted by molar-refractivity contribution is 0.0127. The standard InChI is InChI=1S/C21H25N3O4S/c1-21(2,3)28-20(26)23-8-6-15(7-9-23)27-16-4-5-17-18(11-16)24(13-22-17)19-10-14(25)12-29-19/h4-5,10-13,15,25H,6-9H2,1-3H3. The van der Waals surface area contributed by atoms with Crippen LogP contribution in [0, 0.1) is 0 Å². The molecule has 1 fully saturated rings. The first-order valence-electron chi connectivity index (χ1n) is 9.68. The predicted molar refractivity (Wildman–Crippen MR) is 112 cm³/mol. The third-order valence-corrected chi connectivity index (χ3v) is 5.64. The maximum absolute atomic E-state index is 12.2. The van der Waals surface area contributed by atoms with Crippen molar-refractivity contribution in [3.05, 3.63) is 36.0 Å². The van der Waals surface area contributed by atoms with Crippen molar-refractivity contribution in [3.8, 4) is 16.5 Å². The topological polar surface area (TPSA) is 76.8 Å². The van der Waals surface area contributed by atoms with Gasteiger partial charge in [-0.3, -0.25) is 4.57 Å². The number of rotatable bonds is 3. The van der Waals surface area contributed by atoms with Gasteiger partial charge >= 0.3 is 6.09 Å². The van der Waals surface area contributed by atoms with Crippen LogP contribution in [0.25, 0.3) is 16.0 Å². The second-order valence-electron chi connectivity index (χ2n) is 8.19. The van der Waals surface area contributed by atoms with Gasteiger partial charge in [0.2, 0.25) is 0 Å². The first-order chi connectivity index (χ1) is 13.8. The van der Waals surface area contributed by atoms with Crippen LogP contribution >= 0.6 is 11.3 Å². The number of amides is 1. The molecule has 0 saturated carbocycles. The number of benzene rings is 1. The number of piperidine rings is 1. The van der Waals surface area contributed by atoms with Crippen LogP contribution in [0.4, 0.5) is 4.79 Å². The van der Waals surface area contributed by atoms with E-state index in [1.165, 1.54) is 11.3 Å². The number of hydrogen-bond acceptors (Lipinski definition) is 6. The zero-order chi connectivity index (χ0) is 20.6. The Morgan fingerprint density at radius 2 is 2.00 bits per heavy atom. The van der Waals surface area contributed by atoms with Gasteiger partial charge in [-0.15, -0.1) is 11.3 Å². The molecule has 1 amide bonds. The Morgan fingerprint density at radius 1 is 1.24 bits per heavy atom. The summed E-state index contributed by atoms with van der Waals surface area (Å²) in [5.41, 5.74) is 1.31. The van der Waals surface area contributed by atoms with Gasteiger partial charge in [-0.25, -0.2) is 9.78 Å². The lowest BCUT2D eigenvalue weighted by atomic mass is 10.1. The first-order valence-corrected chi connectivity index (χ1v) is 10.6. The van der Waals surface area contributed by atoms with Crippen molar-refractivity contribution in [2.24, 2.45) is 0 Å². The van der Waals surface area contributed by atoms with Crippen LogP contribution in [0.1, 0.15) is 33.6 Å². The van der Waals surface area contributed by atoms with Gasteiger partial charge in [0.05, 0.1) is 11.0 Å². The summed E-state index contributed by atoms with van der Waals surface area (Å²) in [6, 6.07) is 7.54. The maximum Gasteiger partial charge on any atom is 0.410 e. The number of aromatic hydroxyl groups is 1. The molecule has 3 aromatic rings. The molecule has 0 atom stereocenters. The molecule has 0 bridgehead atoms. The molecular formula is C21H25N3O4S. The molecule has 0 aliphatic carbocycles. The zero-order valence-corrected chi connectivity index (χ0v) is 17.6. The van der Waals surface area contributed by atoms with Crippen molar-refractivity contribution in [2.75, 3.05) is 13.1 Å². The second kappa shape index (κ2) is 7.59. The molecule has 3 heterocycles. The highest BCUT2D eigenvalue weighted by atomic mass is 32.1. The molecule has 1 aromatic carbocycles. The van der Waals surface area contributed by atoms with Crippen molar-refractivity contribution in [1.29, 1.82) is 0 Å². The Bertz CT molecular complexity index is 1010. The van der Waals surface area contributed by atoms with Gasteiger partial charge in [0.1, 0.15) is 34.5 Å². The molecule has 1 aliphatic heterocycles. The van der Waals surface area contributed by atoms with E-state index in [4.69, 9.17) is 9.47 Å². The highest BCUT2D eigenvalue weighted by molar-refractivity contribution is 7.12. The molecule has 8 heteroatoms. The van der Waals surface area contributed by atoms with Crippen molar-refractivity contribution in [1.82, 2.24) is 14.5 Å². The molecule has 29 heavy (non-hydrogen) atoms. The summed E-state index contributed by atoms with van der Waals surface area (Å²) in [6.07, 6.45) is 3.05. The monoisotopic (exact) mass is 415 g/mol. The van der Waals surface area contributed by atoms with E-state index in [9.17, 15) is 9.90 Å². The highest BCUT2D eigenvalue weighted by Gasteiger charge is 2.27. The van der Waals surface area contributed by atoms with Crippen LogP contribution in [0.3, 0.4) is 0 Å². The van der Waals surface area contributed by atoms with Crippen LogP contribution in [-0.2, 0) is 4.74 Å². The quantitative estimate of drug-likeness (QED) is 0.678. The van der Waals surface area contributed by atoms with Crippen molar-refractivity contribution in [3.63, 3.8) is 0 Å². The average Bonchev–Trinajstić information content (AvgIpc) is 3.26. The van der Waals surface area contributed by atoms with E-state index in [2.05, 4.69) is 4.98 Å².